The van der Waals surface area contributed by atoms with Crippen LogP contribution >= 0.6 is 11.3 Å². The maximum atomic E-state index is 13.5. The van der Waals surface area contributed by atoms with E-state index in [1.807, 2.05) is 39.1 Å². The van der Waals surface area contributed by atoms with Crippen molar-refractivity contribution in [3.63, 3.8) is 0 Å². The minimum Gasteiger partial charge on any atom is -0.348 e. The molecule has 33 heavy (non-hydrogen) atoms. The molecule has 0 aromatic carbocycles. The largest absolute Gasteiger partial charge is 0.348 e. The molecule has 0 bridgehead atoms. The van der Waals surface area contributed by atoms with Crippen LogP contribution in [0.3, 0.4) is 0 Å². The zero-order valence-electron chi connectivity index (χ0n) is 18.8. The van der Waals surface area contributed by atoms with Gasteiger partial charge in [0.05, 0.1) is 34.0 Å². The second-order valence-electron chi connectivity index (χ2n) is 8.92. The Labute approximate surface area is 194 Å². The van der Waals surface area contributed by atoms with Gasteiger partial charge < -0.3 is 10.2 Å². The number of halogens is 1. The van der Waals surface area contributed by atoms with Gasteiger partial charge in [-0.1, -0.05) is 0 Å². The van der Waals surface area contributed by atoms with Gasteiger partial charge in [-0.3, -0.25) is 19.4 Å². The quantitative estimate of drug-likeness (QED) is 0.530. The second kappa shape index (κ2) is 8.99. The van der Waals surface area contributed by atoms with E-state index in [2.05, 4.69) is 25.7 Å². The van der Waals surface area contributed by atoms with Crippen molar-refractivity contribution < 1.29 is 18.8 Å². The van der Waals surface area contributed by atoms with Crippen LogP contribution in [-0.4, -0.2) is 50.4 Å². The molecule has 0 radical (unpaired) electrons. The van der Waals surface area contributed by atoms with Crippen molar-refractivity contribution in [1.29, 1.82) is 0 Å². The Bertz CT molecular complexity index is 1190. The number of hydroxylamine groups is 1. The predicted molar refractivity (Wildman–Crippen MR) is 122 cm³/mol. The van der Waals surface area contributed by atoms with Crippen LogP contribution in [0.15, 0.2) is 29.9 Å². The average molecular weight is 473 g/mol. The van der Waals surface area contributed by atoms with Crippen molar-refractivity contribution in [3.8, 4) is 0 Å². The number of nitrogens with one attached hydrogen (secondary N) is 2. The number of likely N-dealkylation sites (tertiary alicyclic amines) is 1. The minimum absolute atomic E-state index is 0.252. The Balaban J connectivity index is 1.47. The molecule has 1 saturated heterocycles. The number of anilines is 1. The maximum absolute atomic E-state index is 13.5. The Morgan fingerprint density at radius 1 is 1.27 bits per heavy atom. The molecular weight excluding hydrogens is 447 g/mol. The van der Waals surface area contributed by atoms with Gasteiger partial charge in [-0.05, 0) is 50.8 Å². The first-order chi connectivity index (χ1) is 15.6. The Morgan fingerprint density at radius 3 is 2.73 bits per heavy atom. The number of pyridine rings is 1. The van der Waals surface area contributed by atoms with E-state index in [0.29, 0.717) is 15.8 Å². The van der Waals surface area contributed by atoms with Crippen molar-refractivity contribution in [2.45, 2.75) is 39.3 Å². The summed E-state index contributed by atoms with van der Waals surface area (Å²) in [6.45, 7) is 7.90. The lowest BCUT2D eigenvalue weighted by atomic mass is 9.99. The summed E-state index contributed by atoms with van der Waals surface area (Å²) >= 11 is 1.38. The number of hydrogen-bond donors (Lipinski definition) is 2. The summed E-state index contributed by atoms with van der Waals surface area (Å²) in [7, 11) is 0. The third-order valence-electron chi connectivity index (χ3n) is 5.08. The van der Waals surface area contributed by atoms with Crippen LogP contribution < -0.4 is 10.8 Å². The molecule has 174 valence electrons. The fourth-order valence-electron chi connectivity index (χ4n) is 3.26. The highest BCUT2D eigenvalue weighted by molar-refractivity contribution is 7.17. The van der Waals surface area contributed by atoms with Crippen LogP contribution in [-0.2, 0) is 9.63 Å². The lowest BCUT2D eigenvalue weighted by molar-refractivity contribution is -0.153. The van der Waals surface area contributed by atoms with Crippen molar-refractivity contribution in [2.75, 3.05) is 18.4 Å². The number of aromatic nitrogens is 3. The molecule has 1 aliphatic rings. The first-order valence-electron chi connectivity index (χ1n) is 10.5. The minimum atomic E-state index is -0.497. The van der Waals surface area contributed by atoms with E-state index in [1.54, 1.807) is 11.1 Å². The lowest BCUT2D eigenvalue weighted by Gasteiger charge is -2.38. The van der Waals surface area contributed by atoms with Gasteiger partial charge in [0.2, 0.25) is 11.9 Å². The molecule has 1 fully saturated rings. The van der Waals surface area contributed by atoms with Gasteiger partial charge in [-0.2, -0.15) is 0 Å². The Hall–Kier alpha value is -3.18. The first kappa shape index (κ1) is 23.0. The summed E-state index contributed by atoms with van der Waals surface area (Å²) in [5, 5.41) is 4.96. The number of hydrogen-bond acceptors (Lipinski definition) is 8. The van der Waals surface area contributed by atoms with Crippen LogP contribution in [0, 0.1) is 11.7 Å². The zero-order chi connectivity index (χ0) is 23.8. The molecule has 2 amide bonds. The summed E-state index contributed by atoms with van der Waals surface area (Å²) in [5.41, 5.74) is 3.50. The molecule has 11 heteroatoms. The molecule has 0 spiro atoms. The third-order valence-corrected chi connectivity index (χ3v) is 5.99. The van der Waals surface area contributed by atoms with E-state index in [0.717, 1.165) is 6.20 Å². The van der Waals surface area contributed by atoms with E-state index >= 15 is 0 Å². The first-order valence-corrected chi connectivity index (χ1v) is 11.4. The van der Waals surface area contributed by atoms with Crippen LogP contribution in [0.25, 0.3) is 10.2 Å². The summed E-state index contributed by atoms with van der Waals surface area (Å²) < 4.78 is 14.2. The van der Waals surface area contributed by atoms with E-state index in [-0.39, 0.29) is 48.5 Å². The molecule has 0 saturated carbocycles. The summed E-state index contributed by atoms with van der Waals surface area (Å²) in [5.74, 6) is -1.04. The van der Waals surface area contributed by atoms with Crippen LogP contribution in [0.4, 0.5) is 10.3 Å². The molecule has 4 rings (SSSR count). The van der Waals surface area contributed by atoms with E-state index < -0.39 is 11.4 Å². The van der Waals surface area contributed by atoms with Crippen molar-refractivity contribution in [1.82, 2.24) is 25.3 Å². The van der Waals surface area contributed by atoms with Crippen molar-refractivity contribution >= 4 is 39.3 Å². The fourth-order valence-corrected chi connectivity index (χ4v) is 4.07. The third kappa shape index (κ3) is 5.25. The van der Waals surface area contributed by atoms with Crippen molar-refractivity contribution in [2.24, 2.45) is 5.92 Å². The standard InChI is InChI=1S/C22H25FN6O3S/c1-12(13-7-15(23)9-24-8-13)25-21-26-16-5-6-33-18(16)17(27-21)20(31)29-10-14(11-29)19(30)28-32-22(2,3)4/h5-9,12,14H,10-11H2,1-4H3,(H,28,30)(H,25,26,27)/t12-/m0/s1. The molecule has 0 unspecified atom stereocenters. The highest BCUT2D eigenvalue weighted by atomic mass is 32.1. The topological polar surface area (TPSA) is 109 Å². The number of carbonyl (C=O) groups is 2. The average Bonchev–Trinajstić information content (AvgIpc) is 3.18. The van der Waals surface area contributed by atoms with E-state index in [4.69, 9.17) is 4.84 Å². The molecular formula is C22H25FN6O3S. The van der Waals surface area contributed by atoms with Gasteiger partial charge in [-0.25, -0.2) is 19.8 Å². The Kier molecular flexibility index (Phi) is 6.26. The van der Waals surface area contributed by atoms with Crippen LogP contribution in [0.2, 0.25) is 0 Å². The van der Waals surface area contributed by atoms with Gasteiger partial charge in [0, 0.05) is 19.3 Å². The molecule has 1 aliphatic heterocycles. The predicted octanol–water partition coefficient (Wildman–Crippen LogP) is 3.32. The van der Waals surface area contributed by atoms with Gasteiger partial charge in [0.1, 0.15) is 5.82 Å². The highest BCUT2D eigenvalue weighted by Crippen LogP contribution is 2.28. The summed E-state index contributed by atoms with van der Waals surface area (Å²) in [6.07, 6.45) is 2.70. The number of amides is 2. The van der Waals surface area contributed by atoms with E-state index in [1.165, 1.54) is 17.4 Å². The number of rotatable bonds is 6. The molecule has 2 N–H and O–H groups in total. The maximum Gasteiger partial charge on any atom is 0.274 e. The van der Waals surface area contributed by atoms with Crippen molar-refractivity contribution in [3.05, 3.63) is 47.0 Å². The number of carbonyl (C=O) groups excluding carboxylic acids is 2. The monoisotopic (exact) mass is 472 g/mol. The highest BCUT2D eigenvalue weighted by Gasteiger charge is 2.38. The Morgan fingerprint density at radius 2 is 2.03 bits per heavy atom. The van der Waals surface area contributed by atoms with Crippen LogP contribution in [0.5, 0.6) is 0 Å². The smallest absolute Gasteiger partial charge is 0.274 e. The number of thiophene rings is 1. The van der Waals surface area contributed by atoms with E-state index in [9.17, 15) is 14.0 Å². The summed E-state index contributed by atoms with van der Waals surface area (Å²) in [4.78, 5) is 45.1. The van der Waals surface area contributed by atoms with Gasteiger partial charge in [-0.15, -0.1) is 11.3 Å². The van der Waals surface area contributed by atoms with Gasteiger partial charge in [0.25, 0.3) is 5.91 Å². The molecule has 1 atom stereocenters. The second-order valence-corrected chi connectivity index (χ2v) is 9.84. The molecule has 4 heterocycles. The summed E-state index contributed by atoms with van der Waals surface area (Å²) in [6, 6.07) is 2.87. The molecule has 3 aromatic heterocycles. The number of nitrogens with zero attached hydrogens (tertiary/aromatic N) is 4. The SMILES string of the molecule is C[C@H](Nc1nc(C(=O)N2CC(C(=O)NOC(C)(C)C)C2)c2sccc2n1)c1cncc(F)c1. The lowest BCUT2D eigenvalue weighted by Crippen LogP contribution is -2.56. The fraction of sp³-hybridized carbons (Fsp3) is 0.409. The molecule has 9 nitrogen and oxygen atoms in total. The van der Waals surface area contributed by atoms with Gasteiger partial charge >= 0.3 is 0 Å². The molecule has 3 aromatic rings. The van der Waals surface area contributed by atoms with Crippen LogP contribution in [0.1, 0.15) is 49.8 Å². The zero-order valence-corrected chi connectivity index (χ0v) is 19.6. The normalized spacial score (nSPS) is 15.2. The number of fused-ring (bicyclic) bond motifs is 1. The molecule has 0 aliphatic carbocycles. The van der Waals surface area contributed by atoms with Gasteiger partial charge in [0.15, 0.2) is 5.69 Å².